The van der Waals surface area contributed by atoms with E-state index in [-0.39, 0.29) is 35.4 Å². The molecule has 0 saturated heterocycles. The third-order valence-corrected chi connectivity index (χ3v) is 8.49. The molecule has 1 aliphatic heterocycles. The van der Waals surface area contributed by atoms with Gasteiger partial charge < -0.3 is 5.32 Å². The van der Waals surface area contributed by atoms with Gasteiger partial charge in [-0.1, -0.05) is 78.3 Å². The first kappa shape index (κ1) is 24.8. The van der Waals surface area contributed by atoms with Crippen LogP contribution in [0.1, 0.15) is 34.8 Å². The maximum atomic E-state index is 13.7. The summed E-state index contributed by atoms with van der Waals surface area (Å²) < 4.78 is 1.84. The van der Waals surface area contributed by atoms with E-state index in [1.54, 1.807) is 4.90 Å². The molecule has 2 aliphatic rings. The third-order valence-electron chi connectivity index (χ3n) is 6.91. The molecule has 1 aromatic heterocycles. The number of fused-ring (bicyclic) bond motifs is 1. The molecule has 1 atom stereocenters. The van der Waals surface area contributed by atoms with Gasteiger partial charge in [0.1, 0.15) is 12.4 Å². The Morgan fingerprint density at radius 2 is 1.74 bits per heavy atom. The van der Waals surface area contributed by atoms with Gasteiger partial charge in [0.05, 0.1) is 22.4 Å². The number of anilines is 1. The Balaban J connectivity index is 1.63. The molecule has 2 heterocycles. The SMILES string of the molecule is Cc1ccccc1-n1nc(-c2ccccc2)c2c1N(CC(=O)NC1CC1)C(=O)CSC2c1ccccc1Cl. The summed E-state index contributed by atoms with van der Waals surface area (Å²) in [5.74, 6) is 0.533. The van der Waals surface area contributed by atoms with Crippen molar-refractivity contribution >= 4 is 41.0 Å². The molecule has 1 fully saturated rings. The van der Waals surface area contributed by atoms with E-state index in [0.717, 1.165) is 46.5 Å². The Labute approximate surface area is 231 Å². The van der Waals surface area contributed by atoms with E-state index in [2.05, 4.69) is 5.32 Å². The van der Waals surface area contributed by atoms with Crippen LogP contribution in [0.3, 0.4) is 0 Å². The van der Waals surface area contributed by atoms with E-state index in [0.29, 0.717) is 10.8 Å². The van der Waals surface area contributed by atoms with Crippen LogP contribution in [0.25, 0.3) is 16.9 Å². The van der Waals surface area contributed by atoms with Crippen LogP contribution in [0.5, 0.6) is 0 Å². The molecule has 0 radical (unpaired) electrons. The largest absolute Gasteiger partial charge is 0.352 e. The monoisotopic (exact) mass is 542 g/mol. The van der Waals surface area contributed by atoms with Gasteiger partial charge in [-0.3, -0.25) is 14.5 Å². The lowest BCUT2D eigenvalue weighted by Crippen LogP contribution is -2.43. The highest BCUT2D eigenvalue weighted by molar-refractivity contribution is 8.00. The molecular weight excluding hydrogens is 516 g/mol. The Bertz CT molecular complexity index is 1520. The third kappa shape index (κ3) is 4.72. The van der Waals surface area contributed by atoms with Crippen LogP contribution in [-0.4, -0.2) is 39.9 Å². The van der Waals surface area contributed by atoms with E-state index in [9.17, 15) is 9.59 Å². The van der Waals surface area contributed by atoms with Crippen molar-refractivity contribution in [1.82, 2.24) is 15.1 Å². The molecule has 2 amide bonds. The number of halogens is 1. The highest BCUT2D eigenvalue weighted by atomic mass is 35.5. The van der Waals surface area contributed by atoms with Gasteiger partial charge in [0.15, 0.2) is 0 Å². The van der Waals surface area contributed by atoms with E-state index in [1.165, 1.54) is 11.8 Å². The minimum atomic E-state index is -0.257. The van der Waals surface area contributed by atoms with Crippen LogP contribution in [-0.2, 0) is 9.59 Å². The van der Waals surface area contributed by atoms with Gasteiger partial charge in [0.25, 0.3) is 0 Å². The fourth-order valence-electron chi connectivity index (χ4n) is 4.88. The molecule has 0 spiro atoms. The number of hydrogen-bond donors (Lipinski definition) is 1. The number of thioether (sulfide) groups is 1. The van der Waals surface area contributed by atoms with Gasteiger partial charge in [-0.15, -0.1) is 11.8 Å². The van der Waals surface area contributed by atoms with Gasteiger partial charge in [-0.25, -0.2) is 4.68 Å². The number of hydrogen-bond acceptors (Lipinski definition) is 4. The van der Waals surface area contributed by atoms with Crippen molar-refractivity contribution in [3.05, 3.63) is 101 Å². The smallest absolute Gasteiger partial charge is 0.240 e. The number of amides is 2. The van der Waals surface area contributed by atoms with Gasteiger partial charge in [0, 0.05) is 22.2 Å². The van der Waals surface area contributed by atoms with E-state index in [1.807, 2.05) is 90.5 Å². The predicted octanol–water partition coefficient (Wildman–Crippen LogP) is 5.95. The van der Waals surface area contributed by atoms with Gasteiger partial charge in [-0.05, 0) is 43.0 Å². The summed E-state index contributed by atoms with van der Waals surface area (Å²) in [7, 11) is 0. The average Bonchev–Trinajstić information content (AvgIpc) is 3.68. The number of carbonyl (C=O) groups is 2. The highest BCUT2D eigenvalue weighted by Crippen LogP contribution is 2.50. The lowest BCUT2D eigenvalue weighted by Gasteiger charge is -2.24. The van der Waals surface area contributed by atoms with E-state index >= 15 is 0 Å². The number of nitrogens with one attached hydrogen (secondary N) is 1. The Morgan fingerprint density at radius 1 is 1.03 bits per heavy atom. The molecule has 1 aliphatic carbocycles. The van der Waals surface area contributed by atoms with Crippen molar-refractivity contribution in [2.75, 3.05) is 17.2 Å². The number of carbonyl (C=O) groups excluding carboxylic acids is 2. The summed E-state index contributed by atoms with van der Waals surface area (Å²) >= 11 is 8.26. The Morgan fingerprint density at radius 3 is 2.47 bits per heavy atom. The van der Waals surface area contributed by atoms with Crippen molar-refractivity contribution in [3.63, 3.8) is 0 Å². The minimum absolute atomic E-state index is 0.0655. The maximum absolute atomic E-state index is 13.7. The molecule has 3 aromatic carbocycles. The van der Waals surface area contributed by atoms with E-state index in [4.69, 9.17) is 16.7 Å². The number of para-hydroxylation sites is 1. The van der Waals surface area contributed by atoms with E-state index < -0.39 is 0 Å². The zero-order valence-electron chi connectivity index (χ0n) is 20.9. The van der Waals surface area contributed by atoms with Gasteiger partial charge in [0.2, 0.25) is 11.8 Å². The number of aromatic nitrogens is 2. The number of rotatable bonds is 6. The summed E-state index contributed by atoms with van der Waals surface area (Å²) in [6, 6.07) is 25.9. The lowest BCUT2D eigenvalue weighted by atomic mass is 9.99. The molecule has 4 aromatic rings. The molecule has 38 heavy (non-hydrogen) atoms. The predicted molar refractivity (Wildman–Crippen MR) is 153 cm³/mol. The lowest BCUT2D eigenvalue weighted by molar-refractivity contribution is -0.123. The molecule has 1 unspecified atom stereocenters. The standard InChI is InChI=1S/C30H27ClN4O2S/c1-19-9-5-8-14-24(19)35-30-27(28(33-35)20-10-3-2-4-11-20)29(22-12-6-7-13-23(22)31)38-18-26(37)34(30)17-25(36)32-21-15-16-21/h2-14,21,29H,15-18H2,1H3,(H,32,36). The molecule has 6 rings (SSSR count). The van der Waals surface area contributed by atoms with Crippen LogP contribution in [0, 0.1) is 6.92 Å². The number of benzene rings is 3. The average molecular weight is 543 g/mol. The highest BCUT2D eigenvalue weighted by Gasteiger charge is 2.38. The topological polar surface area (TPSA) is 67.2 Å². The Kier molecular flexibility index (Phi) is 6.72. The molecule has 192 valence electrons. The molecule has 6 nitrogen and oxygen atoms in total. The van der Waals surface area contributed by atoms with Crippen molar-refractivity contribution in [1.29, 1.82) is 0 Å². The van der Waals surface area contributed by atoms with Gasteiger partial charge >= 0.3 is 0 Å². The zero-order chi connectivity index (χ0) is 26.2. The second-order valence-corrected chi connectivity index (χ2v) is 11.2. The summed E-state index contributed by atoms with van der Waals surface area (Å²) in [4.78, 5) is 28.4. The van der Waals surface area contributed by atoms with Crippen LogP contribution in [0.4, 0.5) is 5.82 Å². The molecule has 0 bridgehead atoms. The number of aryl methyl sites for hydroxylation is 1. The first-order valence-electron chi connectivity index (χ1n) is 12.7. The first-order chi connectivity index (χ1) is 18.5. The molecular formula is C30H27ClN4O2S. The second-order valence-electron chi connectivity index (χ2n) is 9.68. The van der Waals surface area contributed by atoms with Crippen molar-refractivity contribution in [3.8, 4) is 16.9 Å². The molecule has 1 N–H and O–H groups in total. The summed E-state index contributed by atoms with van der Waals surface area (Å²) in [6.07, 6.45) is 1.96. The van der Waals surface area contributed by atoms with Gasteiger partial charge in [-0.2, -0.15) is 5.10 Å². The second kappa shape index (κ2) is 10.3. The summed E-state index contributed by atoms with van der Waals surface area (Å²) in [6.45, 7) is 1.96. The fourth-order valence-corrected chi connectivity index (χ4v) is 6.42. The molecule has 8 heteroatoms. The van der Waals surface area contributed by atoms with Crippen LogP contribution in [0.15, 0.2) is 78.9 Å². The van der Waals surface area contributed by atoms with Crippen molar-refractivity contribution in [2.24, 2.45) is 0 Å². The van der Waals surface area contributed by atoms with Crippen molar-refractivity contribution in [2.45, 2.75) is 31.1 Å². The Hall–Kier alpha value is -3.55. The van der Waals surface area contributed by atoms with Crippen molar-refractivity contribution < 1.29 is 9.59 Å². The quantitative estimate of drug-likeness (QED) is 0.327. The number of nitrogens with zero attached hydrogens (tertiary/aromatic N) is 3. The fraction of sp³-hybridized carbons (Fsp3) is 0.233. The summed E-state index contributed by atoms with van der Waals surface area (Å²) in [5.41, 5.74) is 5.37. The van der Waals surface area contributed by atoms with Crippen LogP contribution in [0.2, 0.25) is 5.02 Å². The normalized spacial score (nSPS) is 17.2. The van der Waals surface area contributed by atoms with Crippen LogP contribution >= 0.6 is 23.4 Å². The zero-order valence-corrected chi connectivity index (χ0v) is 22.5. The molecule has 1 saturated carbocycles. The summed E-state index contributed by atoms with van der Waals surface area (Å²) in [5, 5.41) is 8.56. The maximum Gasteiger partial charge on any atom is 0.240 e. The van der Waals surface area contributed by atoms with Crippen LogP contribution < -0.4 is 10.2 Å². The first-order valence-corrected chi connectivity index (χ1v) is 14.1. The minimum Gasteiger partial charge on any atom is -0.352 e.